The molecule has 0 aromatic carbocycles. The van der Waals surface area contributed by atoms with Crippen LogP contribution in [0, 0.1) is 25.2 Å². The molecule has 0 radical (unpaired) electrons. The lowest BCUT2D eigenvalue weighted by molar-refractivity contribution is 1.08. The molecule has 6 nitrogen and oxygen atoms in total. The van der Waals surface area contributed by atoms with Gasteiger partial charge in [0.25, 0.3) is 0 Å². The number of nitrogens with two attached hydrogens (primary N) is 1. The first kappa shape index (κ1) is 11.9. The second-order valence-electron chi connectivity index (χ2n) is 4.05. The minimum Gasteiger partial charge on any atom is -0.384 e. The molecule has 0 saturated carbocycles. The van der Waals surface area contributed by atoms with Crippen molar-refractivity contribution in [2.24, 2.45) is 0 Å². The average molecular weight is 242 g/mol. The van der Waals surface area contributed by atoms with Crippen LogP contribution in [0.3, 0.4) is 0 Å². The van der Waals surface area contributed by atoms with Gasteiger partial charge in [0, 0.05) is 17.8 Å². The van der Waals surface area contributed by atoms with Gasteiger partial charge in [-0.25, -0.2) is 0 Å². The van der Waals surface area contributed by atoms with E-state index in [-0.39, 0.29) is 0 Å². The largest absolute Gasteiger partial charge is 0.384 e. The molecule has 0 aliphatic heterocycles. The third-order valence-electron chi connectivity index (χ3n) is 2.66. The van der Waals surface area contributed by atoms with Crippen LogP contribution in [0.2, 0.25) is 0 Å². The van der Waals surface area contributed by atoms with Crippen LogP contribution in [-0.4, -0.2) is 15.2 Å². The molecule has 0 saturated heterocycles. The van der Waals surface area contributed by atoms with Crippen molar-refractivity contribution < 1.29 is 0 Å². The number of nitrogens with zero attached hydrogens (tertiary/aromatic N) is 3. The van der Waals surface area contributed by atoms with Gasteiger partial charge in [-0.3, -0.25) is 10.1 Å². The van der Waals surface area contributed by atoms with Crippen LogP contribution >= 0.6 is 0 Å². The Kier molecular flexibility index (Phi) is 3.15. The summed E-state index contributed by atoms with van der Waals surface area (Å²) in [7, 11) is 0. The Morgan fingerprint density at radius 3 is 2.89 bits per heavy atom. The fraction of sp³-hybridized carbons (Fsp3) is 0.250. The van der Waals surface area contributed by atoms with Crippen molar-refractivity contribution in [3.63, 3.8) is 0 Å². The molecular formula is C12H14N6. The van der Waals surface area contributed by atoms with Crippen molar-refractivity contribution >= 4 is 11.5 Å². The van der Waals surface area contributed by atoms with Crippen molar-refractivity contribution in [3.05, 3.63) is 34.8 Å². The van der Waals surface area contributed by atoms with Gasteiger partial charge in [0.05, 0.1) is 23.1 Å². The first-order valence-electron chi connectivity index (χ1n) is 5.51. The Morgan fingerprint density at radius 1 is 1.50 bits per heavy atom. The van der Waals surface area contributed by atoms with Gasteiger partial charge < -0.3 is 11.1 Å². The van der Waals surface area contributed by atoms with Crippen LogP contribution in [0.25, 0.3) is 0 Å². The van der Waals surface area contributed by atoms with Gasteiger partial charge in [-0.2, -0.15) is 10.4 Å². The van der Waals surface area contributed by atoms with E-state index in [1.165, 1.54) is 0 Å². The van der Waals surface area contributed by atoms with Crippen LogP contribution in [0.15, 0.2) is 12.3 Å². The molecule has 18 heavy (non-hydrogen) atoms. The third-order valence-corrected chi connectivity index (χ3v) is 2.66. The summed E-state index contributed by atoms with van der Waals surface area (Å²) in [6.07, 6.45) is 1.66. The summed E-state index contributed by atoms with van der Waals surface area (Å²) < 4.78 is 0. The maximum atomic E-state index is 9.13. The highest BCUT2D eigenvalue weighted by Gasteiger charge is 2.08. The highest BCUT2D eigenvalue weighted by molar-refractivity contribution is 5.60. The number of H-pyrrole nitrogens is 1. The standard InChI is InChI=1S/C12H14N6/c1-7-3-11(10(4-13)8(2)17-7)15-5-9-6-16-18-12(9)14/h3,6H,5H2,1-2H3,(H,15,17)(H3,14,16,18). The van der Waals surface area contributed by atoms with Crippen molar-refractivity contribution in [2.45, 2.75) is 20.4 Å². The number of nitriles is 1. The maximum absolute atomic E-state index is 9.13. The van der Waals surface area contributed by atoms with E-state index in [1.807, 2.05) is 19.9 Å². The van der Waals surface area contributed by atoms with Gasteiger partial charge >= 0.3 is 0 Å². The molecule has 0 bridgehead atoms. The lowest BCUT2D eigenvalue weighted by Gasteiger charge is -2.10. The number of pyridine rings is 1. The molecule has 2 heterocycles. The second-order valence-corrected chi connectivity index (χ2v) is 4.05. The topological polar surface area (TPSA) is 103 Å². The molecule has 2 aromatic rings. The zero-order valence-corrected chi connectivity index (χ0v) is 10.3. The number of hydrogen-bond acceptors (Lipinski definition) is 5. The maximum Gasteiger partial charge on any atom is 0.123 e. The van der Waals surface area contributed by atoms with E-state index in [2.05, 4.69) is 26.6 Å². The van der Waals surface area contributed by atoms with E-state index in [9.17, 15) is 0 Å². The lowest BCUT2D eigenvalue weighted by atomic mass is 10.1. The van der Waals surface area contributed by atoms with Gasteiger partial charge in [0.2, 0.25) is 0 Å². The predicted octanol–water partition coefficient (Wildman–Crippen LogP) is 1.49. The number of aromatic amines is 1. The molecule has 2 aromatic heterocycles. The summed E-state index contributed by atoms with van der Waals surface area (Å²) in [5.41, 5.74) is 9.48. The predicted molar refractivity (Wildman–Crippen MR) is 68.8 cm³/mol. The van der Waals surface area contributed by atoms with Crippen molar-refractivity contribution in [1.29, 1.82) is 5.26 Å². The Morgan fingerprint density at radius 2 is 2.28 bits per heavy atom. The normalized spacial score (nSPS) is 10.1. The van der Waals surface area contributed by atoms with Gasteiger partial charge in [-0.05, 0) is 19.9 Å². The molecular weight excluding hydrogens is 228 g/mol. The first-order chi connectivity index (χ1) is 8.61. The first-order valence-corrected chi connectivity index (χ1v) is 5.51. The smallest absolute Gasteiger partial charge is 0.123 e. The van der Waals surface area contributed by atoms with E-state index in [0.717, 1.165) is 22.6 Å². The van der Waals surface area contributed by atoms with Crippen molar-refractivity contribution in [2.75, 3.05) is 11.1 Å². The molecule has 6 heteroatoms. The Labute approximate surface area is 105 Å². The molecule has 0 unspecified atom stereocenters. The number of nitrogen functional groups attached to an aromatic ring is 1. The summed E-state index contributed by atoms with van der Waals surface area (Å²) in [5, 5.41) is 18.8. The monoisotopic (exact) mass is 242 g/mol. The van der Waals surface area contributed by atoms with Crippen LogP contribution in [0.5, 0.6) is 0 Å². The molecule has 0 spiro atoms. The van der Waals surface area contributed by atoms with Gasteiger partial charge in [-0.1, -0.05) is 0 Å². The minimum atomic E-state index is 0.514. The molecule has 92 valence electrons. The molecule has 0 fully saturated rings. The van der Waals surface area contributed by atoms with E-state index < -0.39 is 0 Å². The highest BCUT2D eigenvalue weighted by atomic mass is 15.1. The zero-order chi connectivity index (χ0) is 13.1. The summed E-state index contributed by atoms with van der Waals surface area (Å²) in [4.78, 5) is 4.26. The fourth-order valence-electron chi connectivity index (χ4n) is 1.76. The molecule has 0 amide bonds. The van der Waals surface area contributed by atoms with Crippen LogP contribution in [-0.2, 0) is 6.54 Å². The second kappa shape index (κ2) is 4.75. The molecule has 4 N–H and O–H groups in total. The Hall–Kier alpha value is -2.55. The van der Waals surface area contributed by atoms with E-state index in [0.29, 0.717) is 17.9 Å². The molecule has 0 aliphatic rings. The fourth-order valence-corrected chi connectivity index (χ4v) is 1.76. The van der Waals surface area contributed by atoms with Gasteiger partial charge in [0.15, 0.2) is 0 Å². The summed E-state index contributed by atoms with van der Waals surface area (Å²) in [6.45, 7) is 4.23. The van der Waals surface area contributed by atoms with E-state index >= 15 is 0 Å². The Bertz CT molecular complexity index is 608. The van der Waals surface area contributed by atoms with Crippen LogP contribution < -0.4 is 11.1 Å². The number of aryl methyl sites for hydroxylation is 2. The number of rotatable bonds is 3. The average Bonchev–Trinajstić information content (AvgIpc) is 2.71. The Balaban J connectivity index is 2.24. The van der Waals surface area contributed by atoms with Gasteiger partial charge in [0.1, 0.15) is 11.9 Å². The molecule has 2 rings (SSSR count). The number of aromatic nitrogens is 3. The number of anilines is 2. The molecule has 0 atom stereocenters. The SMILES string of the molecule is Cc1cc(NCc2cn[nH]c2N)c(C#N)c(C)n1. The lowest BCUT2D eigenvalue weighted by Crippen LogP contribution is -2.05. The zero-order valence-electron chi connectivity index (χ0n) is 10.3. The summed E-state index contributed by atoms with van der Waals surface area (Å²) in [6, 6.07) is 4.01. The van der Waals surface area contributed by atoms with Crippen LogP contribution in [0.4, 0.5) is 11.5 Å². The number of nitrogens with one attached hydrogen (secondary N) is 2. The van der Waals surface area contributed by atoms with Crippen molar-refractivity contribution in [3.8, 4) is 6.07 Å². The minimum absolute atomic E-state index is 0.514. The third kappa shape index (κ3) is 2.25. The molecule has 0 aliphatic carbocycles. The van der Waals surface area contributed by atoms with E-state index in [4.69, 9.17) is 11.0 Å². The highest BCUT2D eigenvalue weighted by Crippen LogP contribution is 2.20. The summed E-state index contributed by atoms with van der Waals surface area (Å²) in [5.74, 6) is 0.531. The number of hydrogen-bond donors (Lipinski definition) is 3. The van der Waals surface area contributed by atoms with E-state index in [1.54, 1.807) is 6.20 Å². The summed E-state index contributed by atoms with van der Waals surface area (Å²) >= 11 is 0. The van der Waals surface area contributed by atoms with Crippen LogP contribution in [0.1, 0.15) is 22.5 Å². The van der Waals surface area contributed by atoms with Crippen molar-refractivity contribution in [1.82, 2.24) is 15.2 Å². The van der Waals surface area contributed by atoms with Gasteiger partial charge in [-0.15, -0.1) is 0 Å². The quantitative estimate of drug-likeness (QED) is 0.756.